The second kappa shape index (κ2) is 11.5. The summed E-state index contributed by atoms with van der Waals surface area (Å²) in [5.41, 5.74) is 3.02. The molecule has 40 heavy (non-hydrogen) atoms. The Kier molecular flexibility index (Phi) is 7.68. The van der Waals surface area contributed by atoms with Crippen LogP contribution in [-0.2, 0) is 19.4 Å². The zero-order valence-electron chi connectivity index (χ0n) is 21.9. The molecule has 5 aromatic rings. The van der Waals surface area contributed by atoms with Crippen molar-refractivity contribution in [2.45, 2.75) is 39.7 Å². The predicted octanol–water partition coefficient (Wildman–Crippen LogP) is 5.67. The second-order valence-electron chi connectivity index (χ2n) is 9.10. The molecule has 204 valence electrons. The van der Waals surface area contributed by atoms with Crippen LogP contribution in [0.3, 0.4) is 0 Å². The first-order valence-electron chi connectivity index (χ1n) is 12.8. The Morgan fingerprint density at radius 3 is 2.40 bits per heavy atom. The van der Waals surface area contributed by atoms with Crippen molar-refractivity contribution in [3.05, 3.63) is 106 Å². The number of aryl methyl sites for hydroxylation is 2. The molecule has 0 aliphatic heterocycles. The SMILES string of the molecule is CCCc1nc(CC)c(Oc2cc(F)ccc2F)c(=O)n1Cc1ccc(-c2ccccc2-c2noc([O-])n2)cc1. The normalized spacial score (nSPS) is 11.1. The van der Waals surface area contributed by atoms with Crippen molar-refractivity contribution in [3.63, 3.8) is 0 Å². The van der Waals surface area contributed by atoms with Crippen LogP contribution in [-0.4, -0.2) is 19.7 Å². The number of rotatable bonds is 9. The monoisotopic (exact) mass is 543 g/mol. The van der Waals surface area contributed by atoms with E-state index in [2.05, 4.69) is 19.6 Å². The summed E-state index contributed by atoms with van der Waals surface area (Å²) in [5.74, 6) is -1.19. The van der Waals surface area contributed by atoms with E-state index in [0.29, 0.717) is 29.9 Å². The second-order valence-corrected chi connectivity index (χ2v) is 9.10. The van der Waals surface area contributed by atoms with Gasteiger partial charge in [0.05, 0.1) is 12.2 Å². The highest BCUT2D eigenvalue weighted by Crippen LogP contribution is 2.31. The third-order valence-electron chi connectivity index (χ3n) is 6.37. The van der Waals surface area contributed by atoms with Gasteiger partial charge in [0.2, 0.25) is 5.75 Å². The standard InChI is InChI=1S/C30H26F2N4O4/c1-3-7-26-33-24(4-2)27(39-25-16-20(31)14-15-23(25)32)29(37)36(26)17-18-10-12-19(13-11-18)21-8-5-6-9-22(21)28-34-30(38)40-35-28/h5-6,8-16H,3-4,7,17H2,1-2H3,(H,34,35,38)/p-1. The first kappa shape index (κ1) is 26.7. The van der Waals surface area contributed by atoms with E-state index in [1.807, 2.05) is 56.3 Å². The maximum absolute atomic E-state index is 14.3. The van der Waals surface area contributed by atoms with E-state index in [1.54, 1.807) is 6.07 Å². The Bertz CT molecular complexity index is 1710. The average Bonchev–Trinajstić information content (AvgIpc) is 3.40. The molecular weight excluding hydrogens is 518 g/mol. The summed E-state index contributed by atoms with van der Waals surface area (Å²) in [6, 6.07) is 17.8. The van der Waals surface area contributed by atoms with Gasteiger partial charge in [-0.05, 0) is 41.7 Å². The first-order chi connectivity index (χ1) is 19.4. The molecule has 10 heteroatoms. The molecule has 0 atom stereocenters. The number of benzene rings is 3. The van der Waals surface area contributed by atoms with Crippen LogP contribution in [0.25, 0.3) is 22.5 Å². The van der Waals surface area contributed by atoms with Crippen molar-refractivity contribution in [1.82, 2.24) is 19.7 Å². The molecule has 5 rings (SSSR count). The molecule has 0 aliphatic carbocycles. The molecular formula is C30H25F2N4O4-. The molecule has 0 unspecified atom stereocenters. The number of nitrogens with zero attached hydrogens (tertiary/aromatic N) is 4. The van der Waals surface area contributed by atoms with E-state index >= 15 is 0 Å². The van der Waals surface area contributed by atoms with Crippen molar-refractivity contribution in [2.75, 3.05) is 0 Å². The van der Waals surface area contributed by atoms with Crippen LogP contribution in [0.1, 0.15) is 37.4 Å². The van der Waals surface area contributed by atoms with Gasteiger partial charge in [0.25, 0.3) is 5.56 Å². The molecule has 2 aromatic heterocycles. The third-order valence-corrected chi connectivity index (χ3v) is 6.37. The lowest BCUT2D eigenvalue weighted by atomic mass is 9.98. The number of hydrogen-bond donors (Lipinski definition) is 0. The topological polar surface area (TPSA) is 106 Å². The molecule has 0 saturated carbocycles. The fraction of sp³-hybridized carbons (Fsp3) is 0.200. The summed E-state index contributed by atoms with van der Waals surface area (Å²) in [7, 11) is 0. The van der Waals surface area contributed by atoms with Crippen LogP contribution >= 0.6 is 0 Å². The zero-order valence-corrected chi connectivity index (χ0v) is 21.9. The average molecular weight is 544 g/mol. The lowest BCUT2D eigenvalue weighted by Gasteiger charge is -2.17. The molecule has 0 N–H and O–H groups in total. The predicted molar refractivity (Wildman–Crippen MR) is 142 cm³/mol. The third kappa shape index (κ3) is 5.47. The fourth-order valence-corrected chi connectivity index (χ4v) is 4.44. The van der Waals surface area contributed by atoms with Crippen molar-refractivity contribution >= 4 is 0 Å². The van der Waals surface area contributed by atoms with Gasteiger partial charge in [-0.25, -0.2) is 18.7 Å². The van der Waals surface area contributed by atoms with Crippen molar-refractivity contribution in [1.29, 1.82) is 0 Å². The van der Waals surface area contributed by atoms with E-state index in [9.17, 15) is 18.7 Å². The number of hydrogen-bond acceptors (Lipinski definition) is 7. The van der Waals surface area contributed by atoms with Crippen molar-refractivity contribution in [3.8, 4) is 40.1 Å². The minimum absolute atomic E-state index is 0.129. The van der Waals surface area contributed by atoms with Crippen LogP contribution in [0.4, 0.5) is 8.78 Å². The lowest BCUT2D eigenvalue weighted by molar-refractivity contribution is -0.303. The molecule has 8 nitrogen and oxygen atoms in total. The highest BCUT2D eigenvalue weighted by atomic mass is 19.1. The first-order valence-corrected chi connectivity index (χ1v) is 12.8. The van der Waals surface area contributed by atoms with Crippen LogP contribution in [0.15, 0.2) is 76.0 Å². The maximum atomic E-state index is 14.3. The Morgan fingerprint density at radius 1 is 0.975 bits per heavy atom. The molecule has 0 bridgehead atoms. The Hall–Kier alpha value is -4.86. The molecule has 0 aliphatic rings. The molecule has 0 spiro atoms. The highest BCUT2D eigenvalue weighted by molar-refractivity contribution is 5.80. The van der Waals surface area contributed by atoms with E-state index < -0.39 is 23.3 Å². The number of ether oxygens (including phenoxy) is 1. The van der Waals surface area contributed by atoms with Gasteiger partial charge in [-0.1, -0.05) is 62.4 Å². The van der Waals surface area contributed by atoms with Crippen LogP contribution < -0.4 is 15.4 Å². The largest absolute Gasteiger partial charge is 0.528 e. The minimum Gasteiger partial charge on any atom is -0.528 e. The molecule has 0 saturated heterocycles. The van der Waals surface area contributed by atoms with Crippen molar-refractivity contribution in [2.24, 2.45) is 0 Å². The summed E-state index contributed by atoms with van der Waals surface area (Å²) in [6.07, 6.45) is 0.918. The molecule has 3 aromatic carbocycles. The van der Waals surface area contributed by atoms with Crippen LogP contribution in [0.5, 0.6) is 17.6 Å². The summed E-state index contributed by atoms with van der Waals surface area (Å²) < 4.78 is 39.9. The maximum Gasteiger partial charge on any atom is 0.297 e. The van der Waals surface area contributed by atoms with Gasteiger partial charge < -0.3 is 14.4 Å². The van der Waals surface area contributed by atoms with E-state index in [0.717, 1.165) is 41.3 Å². The molecule has 0 fully saturated rings. The summed E-state index contributed by atoms with van der Waals surface area (Å²) >= 11 is 0. The van der Waals surface area contributed by atoms with Gasteiger partial charge in [0, 0.05) is 18.1 Å². The highest BCUT2D eigenvalue weighted by Gasteiger charge is 2.20. The summed E-state index contributed by atoms with van der Waals surface area (Å²) in [4.78, 5) is 22.2. The van der Waals surface area contributed by atoms with E-state index in [1.165, 1.54) is 4.57 Å². The number of aromatic nitrogens is 4. The Morgan fingerprint density at radius 2 is 1.73 bits per heavy atom. The quantitative estimate of drug-likeness (QED) is 0.236. The Labute approximate surface area is 228 Å². The molecule has 0 radical (unpaired) electrons. The summed E-state index contributed by atoms with van der Waals surface area (Å²) in [5, 5.41) is 15.2. The molecule has 2 heterocycles. The zero-order chi connectivity index (χ0) is 28.2. The van der Waals surface area contributed by atoms with Crippen LogP contribution in [0.2, 0.25) is 0 Å². The Balaban J connectivity index is 1.50. The van der Waals surface area contributed by atoms with Crippen molar-refractivity contribution < 1.29 is 23.1 Å². The lowest BCUT2D eigenvalue weighted by Crippen LogP contribution is -2.28. The summed E-state index contributed by atoms with van der Waals surface area (Å²) in [6.45, 7) is 4.00. The number of halogens is 2. The smallest absolute Gasteiger partial charge is 0.297 e. The van der Waals surface area contributed by atoms with Gasteiger partial charge in [-0.2, -0.15) is 5.16 Å². The van der Waals surface area contributed by atoms with E-state index in [-0.39, 0.29) is 23.9 Å². The molecule has 0 amide bonds. The van der Waals surface area contributed by atoms with Crippen LogP contribution in [0, 0.1) is 11.6 Å². The van der Waals surface area contributed by atoms with Gasteiger partial charge in [-0.3, -0.25) is 9.36 Å². The minimum atomic E-state index is -0.782. The fourth-order valence-electron chi connectivity index (χ4n) is 4.44. The van der Waals surface area contributed by atoms with Gasteiger partial charge in [0.15, 0.2) is 23.5 Å². The van der Waals surface area contributed by atoms with Gasteiger partial charge in [-0.15, -0.1) is 0 Å². The van der Waals surface area contributed by atoms with E-state index in [4.69, 9.17) is 4.74 Å². The van der Waals surface area contributed by atoms with Gasteiger partial charge >= 0.3 is 0 Å². The van der Waals surface area contributed by atoms with Gasteiger partial charge in [0.1, 0.15) is 11.6 Å².